The number of halogens is 1. The number of carbonyl (C=O) groups excluding carboxylic acids is 3. The Balaban J connectivity index is 2.67. The summed E-state index contributed by atoms with van der Waals surface area (Å²) in [6, 6.07) is 11.3. The summed E-state index contributed by atoms with van der Waals surface area (Å²) in [6.07, 6.45) is 3.06. The lowest BCUT2D eigenvalue weighted by molar-refractivity contribution is -0.147. The third kappa shape index (κ3) is 9.67. The maximum absolute atomic E-state index is 14.5. The standard InChI is InChI=1S/C32H46ClN3O4S/c1-10-22-15-17-23(18-16-22)27(28(37)35-26-21(3)13-12-14-24(26)33)36(32(7,8)11-2)29(38)25(19-20-41-9)34-30(39)40-31(4,5)6/h12-18,25,27H,10-11,19-20H2,1-9H3,(H,34,39)(H,35,37). The zero-order valence-corrected chi connectivity index (χ0v) is 27.5. The van der Waals surface area contributed by atoms with Gasteiger partial charge in [-0.05, 0) is 95.6 Å². The molecule has 9 heteroatoms. The average Bonchev–Trinajstić information content (AvgIpc) is 2.90. The summed E-state index contributed by atoms with van der Waals surface area (Å²) in [4.78, 5) is 43.2. The molecule has 0 saturated heterocycles. The zero-order valence-electron chi connectivity index (χ0n) is 25.9. The second-order valence-electron chi connectivity index (χ2n) is 11.8. The highest BCUT2D eigenvalue weighted by molar-refractivity contribution is 7.98. The van der Waals surface area contributed by atoms with Crippen LogP contribution < -0.4 is 10.6 Å². The number of hydrogen-bond acceptors (Lipinski definition) is 5. The predicted molar refractivity (Wildman–Crippen MR) is 171 cm³/mol. The van der Waals surface area contributed by atoms with E-state index in [1.165, 1.54) is 0 Å². The average molecular weight is 604 g/mol. The number of thioether (sulfide) groups is 1. The van der Waals surface area contributed by atoms with E-state index in [2.05, 4.69) is 17.6 Å². The first-order valence-corrected chi connectivity index (χ1v) is 15.9. The number of ether oxygens (including phenoxy) is 1. The number of para-hydroxylation sites is 1. The summed E-state index contributed by atoms with van der Waals surface area (Å²) in [7, 11) is 0. The van der Waals surface area contributed by atoms with Crippen LogP contribution in [0.4, 0.5) is 10.5 Å². The fourth-order valence-electron chi connectivity index (χ4n) is 4.39. The molecule has 2 aromatic carbocycles. The fourth-order valence-corrected chi connectivity index (χ4v) is 5.13. The van der Waals surface area contributed by atoms with Crippen LogP contribution in [-0.2, 0) is 20.7 Å². The lowest BCUT2D eigenvalue weighted by Crippen LogP contribution is -2.59. The fraction of sp³-hybridized carbons (Fsp3) is 0.531. The van der Waals surface area contributed by atoms with Gasteiger partial charge >= 0.3 is 6.09 Å². The minimum Gasteiger partial charge on any atom is -0.444 e. The van der Waals surface area contributed by atoms with Crippen molar-refractivity contribution in [3.05, 3.63) is 64.2 Å². The van der Waals surface area contributed by atoms with E-state index in [4.69, 9.17) is 16.3 Å². The number of aryl methyl sites for hydroxylation is 2. The van der Waals surface area contributed by atoms with Gasteiger partial charge in [-0.25, -0.2) is 4.79 Å². The van der Waals surface area contributed by atoms with E-state index in [-0.39, 0.29) is 11.8 Å². The summed E-state index contributed by atoms with van der Waals surface area (Å²) in [5.41, 5.74) is 1.62. The van der Waals surface area contributed by atoms with E-state index in [0.717, 1.165) is 17.5 Å². The lowest BCUT2D eigenvalue weighted by atomic mass is 9.91. The van der Waals surface area contributed by atoms with Crippen molar-refractivity contribution in [1.29, 1.82) is 0 Å². The van der Waals surface area contributed by atoms with Gasteiger partial charge in [-0.3, -0.25) is 9.59 Å². The van der Waals surface area contributed by atoms with Gasteiger partial charge in [0.05, 0.1) is 10.7 Å². The van der Waals surface area contributed by atoms with Crippen molar-refractivity contribution in [3.63, 3.8) is 0 Å². The smallest absolute Gasteiger partial charge is 0.408 e. The lowest BCUT2D eigenvalue weighted by Gasteiger charge is -2.44. The Morgan fingerprint density at radius 2 is 1.66 bits per heavy atom. The van der Waals surface area contributed by atoms with Crippen LogP contribution in [0, 0.1) is 6.92 Å². The van der Waals surface area contributed by atoms with E-state index < -0.39 is 29.3 Å². The number of carbonyl (C=O) groups is 3. The molecule has 2 unspecified atom stereocenters. The van der Waals surface area contributed by atoms with Crippen molar-refractivity contribution >= 4 is 47.0 Å². The molecule has 2 atom stereocenters. The van der Waals surface area contributed by atoms with Gasteiger partial charge < -0.3 is 20.3 Å². The Kier molecular flexibility index (Phi) is 12.6. The van der Waals surface area contributed by atoms with Crippen LogP contribution >= 0.6 is 23.4 Å². The maximum Gasteiger partial charge on any atom is 0.408 e. The molecule has 0 aliphatic heterocycles. The van der Waals surface area contributed by atoms with Gasteiger partial charge in [0, 0.05) is 5.54 Å². The van der Waals surface area contributed by atoms with Crippen LogP contribution in [0.2, 0.25) is 5.02 Å². The van der Waals surface area contributed by atoms with Crippen LogP contribution in [0.5, 0.6) is 0 Å². The Hall–Kier alpha value is -2.71. The van der Waals surface area contributed by atoms with Crippen LogP contribution in [0.3, 0.4) is 0 Å². The molecule has 0 aliphatic carbocycles. The van der Waals surface area contributed by atoms with Crippen molar-refractivity contribution in [2.45, 2.75) is 97.9 Å². The van der Waals surface area contributed by atoms with Gasteiger partial charge in [0.1, 0.15) is 17.7 Å². The topological polar surface area (TPSA) is 87.7 Å². The van der Waals surface area contributed by atoms with Crippen molar-refractivity contribution in [1.82, 2.24) is 10.2 Å². The Labute approximate surface area is 255 Å². The number of rotatable bonds is 12. The first-order valence-electron chi connectivity index (χ1n) is 14.1. The molecule has 0 bridgehead atoms. The molecule has 0 radical (unpaired) electrons. The molecule has 226 valence electrons. The van der Waals surface area contributed by atoms with E-state index in [1.54, 1.807) is 43.5 Å². The Bertz CT molecular complexity index is 1170. The van der Waals surface area contributed by atoms with E-state index >= 15 is 0 Å². The molecular weight excluding hydrogens is 558 g/mol. The van der Waals surface area contributed by atoms with E-state index in [1.807, 2.05) is 70.3 Å². The molecule has 0 spiro atoms. The Morgan fingerprint density at radius 3 is 2.17 bits per heavy atom. The number of anilines is 1. The zero-order chi connectivity index (χ0) is 31.0. The number of amides is 3. The highest BCUT2D eigenvalue weighted by Gasteiger charge is 2.43. The highest BCUT2D eigenvalue weighted by Crippen LogP contribution is 2.35. The predicted octanol–water partition coefficient (Wildman–Crippen LogP) is 7.55. The monoisotopic (exact) mass is 603 g/mol. The SMILES string of the molecule is CCc1ccc(C(C(=O)Nc2c(C)cccc2Cl)N(C(=O)C(CCSC)NC(=O)OC(C)(C)C)C(C)(C)CC)cc1. The summed E-state index contributed by atoms with van der Waals surface area (Å²) in [6.45, 7) is 15.1. The van der Waals surface area contributed by atoms with Crippen LogP contribution in [-0.4, -0.2) is 52.0 Å². The van der Waals surface area contributed by atoms with Crippen LogP contribution in [0.1, 0.15) is 84.0 Å². The minimum absolute atomic E-state index is 0.354. The van der Waals surface area contributed by atoms with Crippen molar-refractivity contribution < 1.29 is 19.1 Å². The summed E-state index contributed by atoms with van der Waals surface area (Å²) < 4.78 is 5.49. The van der Waals surface area contributed by atoms with Gasteiger partial charge in [-0.2, -0.15) is 11.8 Å². The maximum atomic E-state index is 14.5. The molecule has 0 saturated carbocycles. The second kappa shape index (κ2) is 15.0. The molecule has 0 aliphatic rings. The normalized spacial score (nSPS) is 13.2. The Morgan fingerprint density at radius 1 is 1.02 bits per heavy atom. The molecular formula is C32H46ClN3O4S. The van der Waals surface area contributed by atoms with Crippen LogP contribution in [0.25, 0.3) is 0 Å². The molecule has 2 rings (SSSR count). The van der Waals surface area contributed by atoms with Gasteiger partial charge in [-0.1, -0.05) is 61.8 Å². The second-order valence-corrected chi connectivity index (χ2v) is 13.2. The summed E-state index contributed by atoms with van der Waals surface area (Å²) in [5, 5.41) is 6.22. The van der Waals surface area contributed by atoms with Crippen molar-refractivity contribution in [2.24, 2.45) is 0 Å². The quantitative estimate of drug-likeness (QED) is 0.261. The molecule has 0 heterocycles. The first kappa shape index (κ1) is 34.5. The van der Waals surface area contributed by atoms with Gasteiger partial charge in [0.25, 0.3) is 5.91 Å². The van der Waals surface area contributed by atoms with Crippen LogP contribution in [0.15, 0.2) is 42.5 Å². The number of alkyl carbamates (subject to hydrolysis) is 1. The van der Waals surface area contributed by atoms with Gasteiger partial charge in [0.15, 0.2) is 0 Å². The van der Waals surface area contributed by atoms with E-state index in [0.29, 0.717) is 34.9 Å². The highest BCUT2D eigenvalue weighted by atomic mass is 35.5. The van der Waals surface area contributed by atoms with Gasteiger partial charge in [-0.15, -0.1) is 0 Å². The first-order chi connectivity index (χ1) is 19.1. The van der Waals surface area contributed by atoms with Crippen molar-refractivity contribution in [3.8, 4) is 0 Å². The molecule has 0 fully saturated rings. The van der Waals surface area contributed by atoms with Gasteiger partial charge in [0.2, 0.25) is 5.91 Å². The molecule has 41 heavy (non-hydrogen) atoms. The number of benzene rings is 2. The third-order valence-electron chi connectivity index (χ3n) is 7.03. The minimum atomic E-state index is -0.990. The number of hydrogen-bond donors (Lipinski definition) is 2. The number of nitrogens with one attached hydrogen (secondary N) is 2. The summed E-state index contributed by atoms with van der Waals surface area (Å²) >= 11 is 8.06. The molecule has 3 amide bonds. The molecule has 7 nitrogen and oxygen atoms in total. The molecule has 2 N–H and O–H groups in total. The molecule has 2 aromatic rings. The third-order valence-corrected chi connectivity index (χ3v) is 7.99. The summed E-state index contributed by atoms with van der Waals surface area (Å²) in [5.74, 6) is -0.110. The number of nitrogens with zero attached hydrogens (tertiary/aromatic N) is 1. The largest absolute Gasteiger partial charge is 0.444 e. The van der Waals surface area contributed by atoms with Crippen molar-refractivity contribution in [2.75, 3.05) is 17.3 Å². The van der Waals surface area contributed by atoms with E-state index in [9.17, 15) is 14.4 Å². The molecule has 0 aromatic heterocycles.